The molecule has 1 aliphatic rings. The van der Waals surface area contributed by atoms with Crippen LogP contribution in [0.25, 0.3) is 0 Å². The van der Waals surface area contributed by atoms with Crippen LogP contribution in [0, 0.1) is 17.2 Å². The third-order valence-electron chi connectivity index (χ3n) is 3.53. The van der Waals surface area contributed by atoms with Crippen LogP contribution in [0.4, 0.5) is 0 Å². The maximum absolute atomic E-state index is 12.0. The van der Waals surface area contributed by atoms with Gasteiger partial charge in [0.15, 0.2) is 0 Å². The maximum atomic E-state index is 12.0. The number of benzene rings is 1. The molecule has 2 rings (SSSR count). The lowest BCUT2D eigenvalue weighted by Gasteiger charge is -2.23. The minimum Gasteiger partial charge on any atom is -0.376 e. The van der Waals surface area contributed by atoms with Crippen LogP contribution in [-0.2, 0) is 16.0 Å². The zero-order chi connectivity index (χ0) is 14.2. The molecule has 0 aliphatic carbocycles. The minimum atomic E-state index is -0.638. The molecule has 1 aromatic rings. The van der Waals surface area contributed by atoms with Gasteiger partial charge in [-0.05, 0) is 31.2 Å². The van der Waals surface area contributed by atoms with E-state index >= 15 is 0 Å². The lowest BCUT2D eigenvalue weighted by molar-refractivity contribution is -0.124. The summed E-state index contributed by atoms with van der Waals surface area (Å²) >= 11 is 0. The molecule has 0 radical (unpaired) electrons. The molecule has 1 fully saturated rings. The van der Waals surface area contributed by atoms with E-state index in [1.165, 1.54) is 0 Å². The molecule has 4 nitrogen and oxygen atoms in total. The van der Waals surface area contributed by atoms with Crippen molar-refractivity contribution >= 4 is 5.91 Å². The second-order valence-corrected chi connectivity index (χ2v) is 5.11. The first-order chi connectivity index (χ1) is 9.79. The second kappa shape index (κ2) is 7.66. The van der Waals surface area contributed by atoms with Crippen molar-refractivity contribution in [3.05, 3.63) is 35.9 Å². The molecule has 20 heavy (non-hydrogen) atoms. The van der Waals surface area contributed by atoms with Gasteiger partial charge in [0.1, 0.15) is 5.92 Å². The van der Waals surface area contributed by atoms with Crippen molar-refractivity contribution in [2.75, 3.05) is 13.2 Å². The van der Waals surface area contributed by atoms with Gasteiger partial charge in [-0.15, -0.1) is 0 Å². The van der Waals surface area contributed by atoms with Crippen LogP contribution >= 0.6 is 0 Å². The third-order valence-corrected chi connectivity index (χ3v) is 3.53. The minimum absolute atomic E-state index is 0.101. The Morgan fingerprint density at radius 1 is 1.40 bits per heavy atom. The number of ether oxygens (including phenoxy) is 1. The normalized spacial score (nSPS) is 19.9. The topological polar surface area (TPSA) is 62.1 Å². The number of nitrogens with zero attached hydrogens (tertiary/aromatic N) is 1. The van der Waals surface area contributed by atoms with E-state index in [1.54, 1.807) is 0 Å². The fourth-order valence-electron chi connectivity index (χ4n) is 2.35. The molecular weight excluding hydrogens is 252 g/mol. The van der Waals surface area contributed by atoms with Gasteiger partial charge < -0.3 is 10.1 Å². The number of nitriles is 1. The van der Waals surface area contributed by atoms with Crippen LogP contribution in [0.5, 0.6) is 0 Å². The molecule has 1 saturated heterocycles. The first-order valence-electron chi connectivity index (χ1n) is 7.12. The summed E-state index contributed by atoms with van der Waals surface area (Å²) in [6, 6.07) is 11.7. The van der Waals surface area contributed by atoms with E-state index in [2.05, 4.69) is 11.4 Å². The van der Waals surface area contributed by atoms with Gasteiger partial charge in [-0.25, -0.2) is 0 Å². The van der Waals surface area contributed by atoms with Gasteiger partial charge in [0.25, 0.3) is 0 Å². The molecule has 4 heteroatoms. The summed E-state index contributed by atoms with van der Waals surface area (Å²) in [6.07, 6.45) is 3.78. The molecule has 1 aromatic carbocycles. The van der Waals surface area contributed by atoms with E-state index in [-0.39, 0.29) is 12.0 Å². The summed E-state index contributed by atoms with van der Waals surface area (Å²) in [5.74, 6) is -0.841. The van der Waals surface area contributed by atoms with Gasteiger partial charge >= 0.3 is 0 Å². The van der Waals surface area contributed by atoms with Gasteiger partial charge in [-0.2, -0.15) is 5.26 Å². The number of carbonyl (C=O) groups is 1. The van der Waals surface area contributed by atoms with Crippen molar-refractivity contribution in [3.63, 3.8) is 0 Å². The highest BCUT2D eigenvalue weighted by Gasteiger charge is 2.20. The van der Waals surface area contributed by atoms with Gasteiger partial charge in [0.05, 0.1) is 12.2 Å². The molecular formula is C16H20N2O2. The van der Waals surface area contributed by atoms with E-state index in [9.17, 15) is 4.79 Å². The van der Waals surface area contributed by atoms with Crippen LogP contribution in [-0.4, -0.2) is 25.2 Å². The summed E-state index contributed by atoms with van der Waals surface area (Å²) in [5.41, 5.74) is 1.00. The molecule has 0 spiro atoms. The lowest BCUT2D eigenvalue weighted by atomic mass is 10.00. The smallest absolute Gasteiger partial charge is 0.237 e. The predicted molar refractivity (Wildman–Crippen MR) is 75.8 cm³/mol. The van der Waals surface area contributed by atoms with Crippen molar-refractivity contribution in [1.82, 2.24) is 5.32 Å². The summed E-state index contributed by atoms with van der Waals surface area (Å²) in [7, 11) is 0. The number of hydrogen-bond acceptors (Lipinski definition) is 3. The molecule has 0 aromatic heterocycles. The first-order valence-corrected chi connectivity index (χ1v) is 7.12. The van der Waals surface area contributed by atoms with E-state index in [0.29, 0.717) is 13.0 Å². The lowest BCUT2D eigenvalue weighted by Crippen LogP contribution is -2.38. The van der Waals surface area contributed by atoms with Crippen molar-refractivity contribution in [3.8, 4) is 6.07 Å². The van der Waals surface area contributed by atoms with Crippen molar-refractivity contribution in [2.45, 2.75) is 31.8 Å². The van der Waals surface area contributed by atoms with Crippen LogP contribution in [0.3, 0.4) is 0 Å². The summed E-state index contributed by atoms with van der Waals surface area (Å²) in [5, 5.41) is 12.0. The van der Waals surface area contributed by atoms with Gasteiger partial charge in [0, 0.05) is 13.2 Å². The molecule has 2 atom stereocenters. The Kier molecular flexibility index (Phi) is 5.57. The summed E-state index contributed by atoms with van der Waals surface area (Å²) < 4.78 is 5.56. The van der Waals surface area contributed by atoms with E-state index < -0.39 is 5.92 Å². The van der Waals surface area contributed by atoms with Crippen LogP contribution in [0.2, 0.25) is 0 Å². The largest absolute Gasteiger partial charge is 0.376 e. The molecule has 0 bridgehead atoms. The van der Waals surface area contributed by atoms with Gasteiger partial charge in [-0.1, -0.05) is 30.3 Å². The Hall–Kier alpha value is -1.86. The van der Waals surface area contributed by atoms with Crippen LogP contribution in [0.1, 0.15) is 24.8 Å². The Morgan fingerprint density at radius 2 is 2.20 bits per heavy atom. The molecule has 1 N–H and O–H groups in total. The Bertz CT molecular complexity index is 461. The van der Waals surface area contributed by atoms with Gasteiger partial charge in [-0.3, -0.25) is 4.79 Å². The molecule has 1 heterocycles. The predicted octanol–water partition coefficient (Wildman–Crippen LogP) is 2.05. The zero-order valence-corrected chi connectivity index (χ0v) is 11.5. The number of carbonyl (C=O) groups excluding carboxylic acids is 1. The highest BCUT2D eigenvalue weighted by Crippen LogP contribution is 2.12. The maximum Gasteiger partial charge on any atom is 0.237 e. The number of nitrogens with one attached hydrogen (secondary N) is 1. The molecule has 2 unspecified atom stereocenters. The number of amides is 1. The average molecular weight is 272 g/mol. The molecule has 1 aliphatic heterocycles. The molecule has 0 saturated carbocycles. The SMILES string of the molecule is N#CC(Cc1ccccc1)C(=O)NCC1CCCCO1. The highest BCUT2D eigenvalue weighted by molar-refractivity contribution is 5.81. The quantitative estimate of drug-likeness (QED) is 0.892. The first kappa shape index (κ1) is 14.5. The van der Waals surface area contributed by atoms with E-state index in [4.69, 9.17) is 10.00 Å². The molecule has 1 amide bonds. The standard InChI is InChI=1S/C16H20N2O2/c17-11-14(10-13-6-2-1-3-7-13)16(19)18-12-15-8-4-5-9-20-15/h1-3,6-7,14-15H,4-5,8-10,12H2,(H,18,19). The Balaban J connectivity index is 1.81. The highest BCUT2D eigenvalue weighted by atomic mass is 16.5. The number of rotatable bonds is 5. The van der Waals surface area contributed by atoms with E-state index in [1.807, 2.05) is 30.3 Å². The van der Waals surface area contributed by atoms with Crippen LogP contribution in [0.15, 0.2) is 30.3 Å². The van der Waals surface area contributed by atoms with Crippen LogP contribution < -0.4 is 5.32 Å². The van der Waals surface area contributed by atoms with E-state index in [0.717, 1.165) is 31.4 Å². The zero-order valence-electron chi connectivity index (χ0n) is 11.5. The van der Waals surface area contributed by atoms with Crippen molar-refractivity contribution in [1.29, 1.82) is 5.26 Å². The Morgan fingerprint density at radius 3 is 2.85 bits per heavy atom. The average Bonchev–Trinajstić information content (AvgIpc) is 2.52. The number of hydrogen-bond donors (Lipinski definition) is 1. The van der Waals surface area contributed by atoms with Gasteiger partial charge in [0.2, 0.25) is 5.91 Å². The third kappa shape index (κ3) is 4.36. The molecule has 106 valence electrons. The van der Waals surface area contributed by atoms with Crippen molar-refractivity contribution < 1.29 is 9.53 Å². The second-order valence-electron chi connectivity index (χ2n) is 5.11. The Labute approximate surface area is 119 Å². The monoisotopic (exact) mass is 272 g/mol. The fourth-order valence-corrected chi connectivity index (χ4v) is 2.35. The summed E-state index contributed by atoms with van der Waals surface area (Å²) in [4.78, 5) is 12.0. The summed E-state index contributed by atoms with van der Waals surface area (Å²) in [6.45, 7) is 1.28. The van der Waals surface area contributed by atoms with Crippen molar-refractivity contribution in [2.24, 2.45) is 5.92 Å². The fraction of sp³-hybridized carbons (Fsp3) is 0.500.